The van der Waals surface area contributed by atoms with E-state index in [4.69, 9.17) is 4.74 Å². The minimum absolute atomic E-state index is 0.178. The summed E-state index contributed by atoms with van der Waals surface area (Å²) in [7, 11) is 1.72. The summed E-state index contributed by atoms with van der Waals surface area (Å²) in [6.45, 7) is 0.612. The predicted molar refractivity (Wildman–Crippen MR) is 92.1 cm³/mol. The number of rotatable bonds is 5. The van der Waals surface area contributed by atoms with Crippen LogP contribution in [0.5, 0.6) is 0 Å². The van der Waals surface area contributed by atoms with Gasteiger partial charge in [0.05, 0.1) is 6.61 Å². The first-order chi connectivity index (χ1) is 10.8. The number of benzene rings is 1. The van der Waals surface area contributed by atoms with Crippen molar-refractivity contribution in [3.63, 3.8) is 0 Å². The molecule has 1 aromatic carbocycles. The molecule has 2 aliphatic rings. The summed E-state index contributed by atoms with van der Waals surface area (Å²) in [4.78, 5) is 11.3. The van der Waals surface area contributed by atoms with Crippen molar-refractivity contribution >= 4 is 18.0 Å². The maximum atomic E-state index is 11.3. The zero-order valence-corrected chi connectivity index (χ0v) is 14.0. The fourth-order valence-electron chi connectivity index (χ4n) is 3.83. The summed E-state index contributed by atoms with van der Waals surface area (Å²) < 4.78 is 5.38. The minimum Gasteiger partial charge on any atom is -0.384 e. The molecule has 0 amide bonds. The first kappa shape index (κ1) is 15.8. The Bertz CT molecular complexity index is 546. The Morgan fingerprint density at radius 1 is 1.18 bits per heavy atom. The summed E-state index contributed by atoms with van der Waals surface area (Å²) in [5.41, 5.74) is 3.80. The summed E-state index contributed by atoms with van der Waals surface area (Å²) in [5, 5.41) is 2.34. The molecule has 118 valence electrons. The third-order valence-electron chi connectivity index (χ3n) is 4.97. The molecule has 0 saturated heterocycles. The van der Waals surface area contributed by atoms with Crippen LogP contribution in [0.3, 0.4) is 0 Å². The number of thioether (sulfide) groups is 1. The Balaban J connectivity index is 1.89. The Hall–Kier alpha value is -1.06. The Kier molecular flexibility index (Phi) is 5.37. The summed E-state index contributed by atoms with van der Waals surface area (Å²) >= 11 is 1.78. The number of hydrogen-bond acceptors (Lipinski definition) is 3. The van der Waals surface area contributed by atoms with E-state index in [2.05, 4.69) is 24.3 Å². The van der Waals surface area contributed by atoms with Gasteiger partial charge < -0.3 is 4.74 Å². The average molecular weight is 316 g/mol. The molecule has 0 bridgehead atoms. The quantitative estimate of drug-likeness (QED) is 0.725. The van der Waals surface area contributed by atoms with Crippen LogP contribution in [-0.4, -0.2) is 20.0 Å². The van der Waals surface area contributed by atoms with E-state index in [1.807, 2.05) is 5.41 Å². The van der Waals surface area contributed by atoms with Crippen LogP contribution in [0, 0.1) is 5.92 Å². The van der Waals surface area contributed by atoms with E-state index in [-0.39, 0.29) is 5.92 Å². The van der Waals surface area contributed by atoms with Crippen LogP contribution in [0.2, 0.25) is 0 Å². The van der Waals surface area contributed by atoms with Crippen LogP contribution in [0.25, 0.3) is 0 Å². The second-order valence-corrected chi connectivity index (χ2v) is 7.33. The van der Waals surface area contributed by atoms with Crippen molar-refractivity contribution in [2.75, 3.05) is 13.7 Å². The highest BCUT2D eigenvalue weighted by Crippen LogP contribution is 2.49. The van der Waals surface area contributed by atoms with Crippen molar-refractivity contribution in [1.29, 1.82) is 0 Å². The molecule has 2 nitrogen and oxygen atoms in total. The topological polar surface area (TPSA) is 26.3 Å². The fourth-order valence-corrected chi connectivity index (χ4v) is 5.15. The largest absolute Gasteiger partial charge is 0.384 e. The molecule has 1 saturated carbocycles. The molecule has 0 N–H and O–H groups in total. The van der Waals surface area contributed by atoms with Crippen molar-refractivity contribution in [3.05, 3.63) is 46.4 Å². The second kappa shape index (κ2) is 7.47. The van der Waals surface area contributed by atoms with Crippen LogP contribution in [0.1, 0.15) is 54.4 Å². The molecule has 1 aliphatic heterocycles. The van der Waals surface area contributed by atoms with E-state index in [0.29, 0.717) is 17.8 Å². The monoisotopic (exact) mass is 316 g/mol. The van der Waals surface area contributed by atoms with Gasteiger partial charge in [-0.15, -0.1) is 11.8 Å². The lowest BCUT2D eigenvalue weighted by molar-refractivity contribution is -0.105. The van der Waals surface area contributed by atoms with Crippen LogP contribution < -0.4 is 0 Å². The van der Waals surface area contributed by atoms with Crippen LogP contribution >= 0.6 is 11.8 Å². The van der Waals surface area contributed by atoms with Gasteiger partial charge in [-0.1, -0.05) is 43.5 Å². The third-order valence-corrected chi connectivity index (χ3v) is 6.26. The molecule has 1 aromatic rings. The van der Waals surface area contributed by atoms with Gasteiger partial charge in [-0.2, -0.15) is 0 Å². The van der Waals surface area contributed by atoms with E-state index >= 15 is 0 Å². The van der Waals surface area contributed by atoms with Crippen molar-refractivity contribution in [3.8, 4) is 0 Å². The molecule has 22 heavy (non-hydrogen) atoms. The standard InChI is InChI=1S/C19H24O2S/c1-21-12-18-15(11-20)13-22-19(18)17-10-6-5-9-16(17)14-7-3-2-4-8-14/h5-6,9-11,13-14,18-19H,2-4,7-8,12H2,1H3. The summed E-state index contributed by atoms with van der Waals surface area (Å²) in [6, 6.07) is 8.85. The van der Waals surface area contributed by atoms with Gasteiger partial charge in [0.15, 0.2) is 0 Å². The SMILES string of the molecule is COCC1C(C=O)=CSC1c1ccccc1C1CCCCC1. The molecule has 3 rings (SSSR count). The van der Waals surface area contributed by atoms with E-state index < -0.39 is 0 Å². The number of hydrogen-bond donors (Lipinski definition) is 0. The molecule has 2 unspecified atom stereocenters. The highest BCUT2D eigenvalue weighted by Gasteiger charge is 2.34. The molecular formula is C19H24O2S. The second-order valence-electron chi connectivity index (χ2n) is 6.32. The predicted octanol–water partition coefficient (Wildman–Crippen LogP) is 4.87. The highest BCUT2D eigenvalue weighted by molar-refractivity contribution is 8.02. The molecule has 0 radical (unpaired) electrons. The lowest BCUT2D eigenvalue weighted by Gasteiger charge is -2.28. The molecule has 1 aliphatic carbocycles. The highest BCUT2D eigenvalue weighted by atomic mass is 32.2. The van der Waals surface area contributed by atoms with Gasteiger partial charge in [-0.25, -0.2) is 0 Å². The van der Waals surface area contributed by atoms with E-state index in [1.54, 1.807) is 18.9 Å². The molecule has 1 heterocycles. The lowest BCUT2D eigenvalue weighted by Crippen LogP contribution is -2.18. The molecule has 1 fully saturated rings. The van der Waals surface area contributed by atoms with Gasteiger partial charge in [0, 0.05) is 23.9 Å². The summed E-state index contributed by atoms with van der Waals surface area (Å²) in [5.74, 6) is 0.867. The molecule has 3 heteroatoms. The number of ether oxygens (including phenoxy) is 1. The van der Waals surface area contributed by atoms with Crippen molar-refractivity contribution in [2.24, 2.45) is 5.92 Å². The first-order valence-corrected chi connectivity index (χ1v) is 9.18. The van der Waals surface area contributed by atoms with Gasteiger partial charge in [0.25, 0.3) is 0 Å². The van der Waals surface area contributed by atoms with Crippen LogP contribution in [0.15, 0.2) is 35.2 Å². The zero-order chi connectivity index (χ0) is 15.4. The van der Waals surface area contributed by atoms with Gasteiger partial charge in [0.2, 0.25) is 0 Å². The van der Waals surface area contributed by atoms with E-state index in [1.165, 1.54) is 43.2 Å². The normalized spacial score (nSPS) is 26.0. The lowest BCUT2D eigenvalue weighted by atomic mass is 9.80. The van der Waals surface area contributed by atoms with Gasteiger partial charge in [-0.05, 0) is 35.3 Å². The number of methoxy groups -OCH3 is 1. The van der Waals surface area contributed by atoms with Crippen LogP contribution in [0.4, 0.5) is 0 Å². The molecule has 0 spiro atoms. The maximum absolute atomic E-state index is 11.3. The van der Waals surface area contributed by atoms with Crippen molar-refractivity contribution < 1.29 is 9.53 Å². The number of aldehydes is 1. The minimum atomic E-state index is 0.178. The molecular weight excluding hydrogens is 292 g/mol. The van der Waals surface area contributed by atoms with Gasteiger partial charge in [-0.3, -0.25) is 4.79 Å². The summed E-state index contributed by atoms with van der Waals surface area (Å²) in [6.07, 6.45) is 7.67. The Morgan fingerprint density at radius 3 is 2.59 bits per heavy atom. The Morgan fingerprint density at radius 2 is 1.91 bits per heavy atom. The average Bonchev–Trinajstić information content (AvgIpc) is 2.99. The number of carbonyl (C=O) groups is 1. The van der Waals surface area contributed by atoms with E-state index in [0.717, 1.165) is 11.9 Å². The number of carbonyl (C=O) groups excluding carboxylic acids is 1. The molecule has 0 aromatic heterocycles. The van der Waals surface area contributed by atoms with E-state index in [9.17, 15) is 4.79 Å². The fraction of sp³-hybridized carbons (Fsp3) is 0.526. The zero-order valence-electron chi connectivity index (χ0n) is 13.2. The Labute approximate surface area is 137 Å². The third kappa shape index (κ3) is 3.16. The van der Waals surface area contributed by atoms with Crippen molar-refractivity contribution in [1.82, 2.24) is 0 Å². The smallest absolute Gasteiger partial charge is 0.146 e. The van der Waals surface area contributed by atoms with Crippen molar-refractivity contribution in [2.45, 2.75) is 43.3 Å². The van der Waals surface area contributed by atoms with Crippen LogP contribution in [-0.2, 0) is 9.53 Å². The first-order valence-electron chi connectivity index (χ1n) is 8.23. The van der Waals surface area contributed by atoms with Gasteiger partial charge in [0.1, 0.15) is 6.29 Å². The molecule has 2 atom stereocenters. The van der Waals surface area contributed by atoms with Gasteiger partial charge >= 0.3 is 0 Å². The maximum Gasteiger partial charge on any atom is 0.146 e.